The molecule has 1 rings (SSSR count). The van der Waals surface area contributed by atoms with Crippen LogP contribution >= 0.6 is 0 Å². The minimum Gasteiger partial charge on any atom is -0.0656 e. The van der Waals surface area contributed by atoms with E-state index in [-0.39, 0.29) is 5.41 Å². The topological polar surface area (TPSA) is 0 Å². The van der Waals surface area contributed by atoms with Crippen LogP contribution in [0.3, 0.4) is 0 Å². The maximum atomic E-state index is 2.33. The highest BCUT2D eigenvalue weighted by atomic mass is 14.2. The molecule has 0 saturated heterocycles. The summed E-state index contributed by atoms with van der Waals surface area (Å²) in [6, 6.07) is 9.28. The molecule has 0 aliphatic heterocycles. The quantitative estimate of drug-likeness (QED) is 0.546. The number of rotatable bonds is 3. The summed E-state index contributed by atoms with van der Waals surface area (Å²) in [6.45, 7) is 20.4. The zero-order valence-corrected chi connectivity index (χ0v) is 16.0. The first kappa shape index (κ1) is 20.2. The summed E-state index contributed by atoms with van der Waals surface area (Å²) in [5, 5.41) is 0. The van der Waals surface area contributed by atoms with Gasteiger partial charge in [-0.25, -0.2) is 0 Å². The highest BCUT2D eigenvalue weighted by Gasteiger charge is 2.20. The molecule has 1 atom stereocenters. The Hall–Kier alpha value is -0.780. The van der Waals surface area contributed by atoms with E-state index in [9.17, 15) is 0 Å². The van der Waals surface area contributed by atoms with Gasteiger partial charge in [0.05, 0.1) is 0 Å². The van der Waals surface area contributed by atoms with Crippen LogP contribution in [-0.4, -0.2) is 0 Å². The fourth-order valence-corrected chi connectivity index (χ4v) is 2.49. The minimum atomic E-state index is 0.254. The summed E-state index contributed by atoms with van der Waals surface area (Å²) in [6.07, 6.45) is 3.74. The number of benzene rings is 1. The second-order valence-corrected chi connectivity index (χ2v) is 8.45. The molecule has 0 fully saturated rings. The van der Waals surface area contributed by atoms with Gasteiger partial charge in [0.2, 0.25) is 0 Å². The first-order valence-corrected chi connectivity index (χ1v) is 8.65. The van der Waals surface area contributed by atoms with E-state index in [0.29, 0.717) is 11.3 Å². The van der Waals surface area contributed by atoms with Crippen LogP contribution in [0.25, 0.3) is 0 Å². The molecule has 0 nitrogen and oxygen atoms in total. The maximum Gasteiger partial charge on any atom is -0.0132 e. The smallest absolute Gasteiger partial charge is 0.0132 e. The Labute approximate surface area is 134 Å². The average molecular weight is 291 g/mol. The van der Waals surface area contributed by atoms with Crippen LogP contribution < -0.4 is 0 Å². The summed E-state index contributed by atoms with van der Waals surface area (Å²) < 4.78 is 0. The van der Waals surface area contributed by atoms with Gasteiger partial charge in [-0.1, -0.05) is 93.0 Å². The van der Waals surface area contributed by atoms with Gasteiger partial charge < -0.3 is 0 Å². The Balaban J connectivity index is 0.00000122. The van der Waals surface area contributed by atoms with E-state index in [1.54, 1.807) is 0 Å². The van der Waals surface area contributed by atoms with E-state index in [2.05, 4.69) is 86.6 Å². The molecule has 0 spiro atoms. The van der Waals surface area contributed by atoms with Crippen molar-refractivity contribution in [2.75, 3.05) is 0 Å². The van der Waals surface area contributed by atoms with E-state index in [1.165, 1.54) is 30.4 Å². The zero-order chi connectivity index (χ0) is 16.7. The van der Waals surface area contributed by atoms with Gasteiger partial charge in [0.1, 0.15) is 0 Å². The highest BCUT2D eigenvalue weighted by Crippen LogP contribution is 2.34. The largest absolute Gasteiger partial charge is 0.0656 e. The van der Waals surface area contributed by atoms with Gasteiger partial charge in [-0.15, -0.1) is 0 Å². The zero-order valence-electron chi connectivity index (χ0n) is 16.0. The SMILES string of the molecule is CCC.CCC(CC(C)(C)C)c1ccc(C(C)(C)C)cc1. The van der Waals surface area contributed by atoms with E-state index >= 15 is 0 Å². The van der Waals surface area contributed by atoms with Gasteiger partial charge in [-0.3, -0.25) is 0 Å². The predicted octanol–water partition coefficient (Wildman–Crippen LogP) is 7.33. The van der Waals surface area contributed by atoms with Crippen molar-refractivity contribution in [2.24, 2.45) is 5.41 Å². The molecule has 0 aliphatic carbocycles. The monoisotopic (exact) mass is 290 g/mol. The van der Waals surface area contributed by atoms with Crippen molar-refractivity contribution in [1.29, 1.82) is 0 Å². The molecule has 0 bridgehead atoms. The van der Waals surface area contributed by atoms with Gasteiger partial charge >= 0.3 is 0 Å². The fourth-order valence-electron chi connectivity index (χ4n) is 2.49. The molecule has 0 heteroatoms. The third kappa shape index (κ3) is 8.29. The van der Waals surface area contributed by atoms with Crippen molar-refractivity contribution < 1.29 is 0 Å². The van der Waals surface area contributed by atoms with Gasteiger partial charge in [0.15, 0.2) is 0 Å². The third-order valence-corrected chi connectivity index (χ3v) is 3.60. The van der Waals surface area contributed by atoms with E-state index in [4.69, 9.17) is 0 Å². The molecule has 0 aromatic heterocycles. The van der Waals surface area contributed by atoms with E-state index in [0.717, 1.165) is 0 Å². The Kier molecular flexibility index (Phi) is 8.29. The van der Waals surface area contributed by atoms with E-state index < -0.39 is 0 Å². The molecule has 0 aliphatic rings. The summed E-state index contributed by atoms with van der Waals surface area (Å²) in [4.78, 5) is 0. The first-order valence-electron chi connectivity index (χ1n) is 8.65. The van der Waals surface area contributed by atoms with Crippen LogP contribution in [0, 0.1) is 5.41 Å². The van der Waals surface area contributed by atoms with Crippen molar-refractivity contribution in [3.8, 4) is 0 Å². The molecule has 21 heavy (non-hydrogen) atoms. The molecule has 1 unspecified atom stereocenters. The fraction of sp³-hybridized carbons (Fsp3) is 0.714. The van der Waals surface area contributed by atoms with Crippen molar-refractivity contribution in [3.05, 3.63) is 35.4 Å². The lowest BCUT2D eigenvalue weighted by atomic mass is 9.79. The average Bonchev–Trinajstić information content (AvgIpc) is 2.35. The van der Waals surface area contributed by atoms with Crippen molar-refractivity contribution in [1.82, 2.24) is 0 Å². The lowest BCUT2D eigenvalue weighted by molar-refractivity contribution is 0.335. The van der Waals surface area contributed by atoms with Crippen LogP contribution in [0.2, 0.25) is 0 Å². The maximum absolute atomic E-state index is 2.33. The molecule has 0 N–H and O–H groups in total. The van der Waals surface area contributed by atoms with Crippen LogP contribution in [0.5, 0.6) is 0 Å². The third-order valence-electron chi connectivity index (χ3n) is 3.60. The molecule has 122 valence electrons. The molecular formula is C21H38. The summed E-state index contributed by atoms with van der Waals surface area (Å²) in [5.74, 6) is 0.694. The second kappa shape index (κ2) is 8.61. The summed E-state index contributed by atoms with van der Waals surface area (Å²) in [7, 11) is 0. The Morgan fingerprint density at radius 3 is 1.52 bits per heavy atom. The normalized spacial score (nSPS) is 13.4. The van der Waals surface area contributed by atoms with Crippen LogP contribution in [0.4, 0.5) is 0 Å². The van der Waals surface area contributed by atoms with E-state index in [1.807, 2.05) is 0 Å². The van der Waals surface area contributed by atoms with Crippen LogP contribution in [0.1, 0.15) is 98.6 Å². The van der Waals surface area contributed by atoms with Gasteiger partial charge in [0, 0.05) is 0 Å². The summed E-state index contributed by atoms with van der Waals surface area (Å²) >= 11 is 0. The molecular weight excluding hydrogens is 252 g/mol. The van der Waals surface area contributed by atoms with Crippen molar-refractivity contribution >= 4 is 0 Å². The first-order chi connectivity index (χ1) is 9.55. The second-order valence-electron chi connectivity index (χ2n) is 8.45. The lowest BCUT2D eigenvalue weighted by Crippen LogP contribution is -2.13. The summed E-state index contributed by atoms with van der Waals surface area (Å²) in [5.41, 5.74) is 3.59. The van der Waals surface area contributed by atoms with Crippen LogP contribution in [0.15, 0.2) is 24.3 Å². The predicted molar refractivity (Wildman–Crippen MR) is 98.2 cm³/mol. The van der Waals surface area contributed by atoms with Gasteiger partial charge in [-0.05, 0) is 40.7 Å². The van der Waals surface area contributed by atoms with Crippen molar-refractivity contribution in [3.63, 3.8) is 0 Å². The Morgan fingerprint density at radius 2 is 1.24 bits per heavy atom. The molecule has 0 heterocycles. The molecule has 0 amide bonds. The Morgan fingerprint density at radius 1 is 0.810 bits per heavy atom. The van der Waals surface area contributed by atoms with Crippen LogP contribution in [-0.2, 0) is 5.41 Å². The van der Waals surface area contributed by atoms with Gasteiger partial charge in [0.25, 0.3) is 0 Å². The number of hydrogen-bond donors (Lipinski definition) is 0. The lowest BCUT2D eigenvalue weighted by Gasteiger charge is -2.26. The minimum absolute atomic E-state index is 0.254. The van der Waals surface area contributed by atoms with Crippen molar-refractivity contribution in [2.45, 2.75) is 92.9 Å². The molecule has 0 saturated carbocycles. The molecule has 0 radical (unpaired) electrons. The highest BCUT2D eigenvalue weighted by molar-refractivity contribution is 5.29. The standard InChI is InChI=1S/C18H30.C3H8/c1-8-14(13-17(2,3)4)15-9-11-16(12-10-15)18(5,6)7;1-3-2/h9-12,14H,8,13H2,1-7H3;3H2,1-2H3. The molecule has 1 aromatic rings. The van der Waals surface area contributed by atoms with Gasteiger partial charge in [-0.2, -0.15) is 0 Å². The Bertz CT molecular complexity index is 370. The number of hydrogen-bond acceptors (Lipinski definition) is 0. The molecule has 1 aromatic carbocycles.